The van der Waals surface area contributed by atoms with E-state index in [0.717, 1.165) is 0 Å². The van der Waals surface area contributed by atoms with Crippen molar-refractivity contribution in [3.63, 3.8) is 0 Å². The average Bonchev–Trinajstić information content (AvgIpc) is 2.96. The number of carbonyl (C=O) groups is 4. The molecular formula is C20H26O9. The topological polar surface area (TPSA) is 125 Å². The van der Waals surface area contributed by atoms with E-state index in [1.54, 1.807) is 20.8 Å². The average molecular weight is 410 g/mol. The molecule has 1 aliphatic carbocycles. The van der Waals surface area contributed by atoms with E-state index in [1.807, 2.05) is 0 Å². The van der Waals surface area contributed by atoms with Gasteiger partial charge in [-0.05, 0) is 31.8 Å². The molecule has 0 spiro atoms. The first-order valence-electron chi connectivity index (χ1n) is 9.40. The van der Waals surface area contributed by atoms with Crippen LogP contribution in [-0.2, 0) is 38.1 Å². The van der Waals surface area contributed by atoms with Crippen molar-refractivity contribution in [3.8, 4) is 0 Å². The molecule has 0 saturated carbocycles. The molecule has 3 unspecified atom stereocenters. The van der Waals surface area contributed by atoms with Crippen LogP contribution in [0.4, 0.5) is 0 Å². The minimum Gasteiger partial charge on any atom is -0.461 e. The molecule has 29 heavy (non-hydrogen) atoms. The molecule has 2 aliphatic rings. The van der Waals surface area contributed by atoms with Gasteiger partial charge in [-0.1, -0.05) is 20.4 Å². The number of carbonyl (C=O) groups excluding carboxylic acids is 4. The quantitative estimate of drug-likeness (QED) is 0.196. The van der Waals surface area contributed by atoms with E-state index < -0.39 is 48.1 Å². The summed E-state index contributed by atoms with van der Waals surface area (Å²) in [7, 11) is 0. The predicted octanol–water partition coefficient (Wildman–Crippen LogP) is 1.19. The van der Waals surface area contributed by atoms with Gasteiger partial charge in [-0.3, -0.25) is 9.59 Å². The Morgan fingerprint density at radius 1 is 1.21 bits per heavy atom. The molecule has 0 amide bonds. The summed E-state index contributed by atoms with van der Waals surface area (Å²) in [6.45, 7) is 7.98. The van der Waals surface area contributed by atoms with Crippen LogP contribution in [0.15, 0.2) is 23.3 Å². The van der Waals surface area contributed by atoms with Crippen LogP contribution < -0.4 is 0 Å². The Morgan fingerprint density at radius 2 is 1.86 bits per heavy atom. The van der Waals surface area contributed by atoms with E-state index >= 15 is 0 Å². The molecule has 160 valence electrons. The molecule has 1 heterocycles. The van der Waals surface area contributed by atoms with Gasteiger partial charge in [0, 0.05) is 11.1 Å². The van der Waals surface area contributed by atoms with Crippen LogP contribution in [0.5, 0.6) is 0 Å². The summed E-state index contributed by atoms with van der Waals surface area (Å²) >= 11 is 0. The number of hydrogen-bond donors (Lipinski definition) is 1. The second-order valence-corrected chi connectivity index (χ2v) is 7.45. The molecule has 0 aromatic heterocycles. The molecule has 3 atom stereocenters. The largest absolute Gasteiger partial charge is 0.461 e. The minimum absolute atomic E-state index is 0.0695. The zero-order valence-corrected chi connectivity index (χ0v) is 16.8. The van der Waals surface area contributed by atoms with Crippen molar-refractivity contribution in [2.45, 2.75) is 52.4 Å². The molecule has 9 heteroatoms. The van der Waals surface area contributed by atoms with Gasteiger partial charge in [0.25, 0.3) is 0 Å². The lowest BCUT2D eigenvalue weighted by Crippen LogP contribution is -2.34. The summed E-state index contributed by atoms with van der Waals surface area (Å²) in [4.78, 5) is 47.5. The van der Waals surface area contributed by atoms with Crippen LogP contribution in [-0.4, -0.2) is 54.6 Å². The maximum atomic E-state index is 12.4. The summed E-state index contributed by atoms with van der Waals surface area (Å²) in [6.07, 6.45) is -1.47. The molecular weight excluding hydrogens is 384 g/mol. The molecule has 0 saturated heterocycles. The SMILES string of the molecule is C=C(C)C(O)OCC(COC(=O)C1CCC2=C(C1)C(=O)OC2=O)OC(=O)C(C)C. The molecule has 0 bridgehead atoms. The maximum absolute atomic E-state index is 12.4. The highest BCUT2D eigenvalue weighted by atomic mass is 16.6. The fourth-order valence-electron chi connectivity index (χ4n) is 2.83. The number of aliphatic hydroxyl groups excluding tert-OH is 1. The summed E-state index contributed by atoms with van der Waals surface area (Å²) in [5.74, 6) is -3.43. The van der Waals surface area contributed by atoms with Crippen LogP contribution in [0.25, 0.3) is 0 Å². The van der Waals surface area contributed by atoms with Gasteiger partial charge in [-0.15, -0.1) is 0 Å². The molecule has 0 radical (unpaired) electrons. The Kier molecular flexibility index (Phi) is 7.69. The predicted molar refractivity (Wildman–Crippen MR) is 97.9 cm³/mol. The third-order valence-electron chi connectivity index (χ3n) is 4.60. The van der Waals surface area contributed by atoms with Crippen molar-refractivity contribution >= 4 is 23.9 Å². The Labute approximate surface area is 168 Å². The van der Waals surface area contributed by atoms with E-state index in [9.17, 15) is 24.3 Å². The second-order valence-electron chi connectivity index (χ2n) is 7.45. The van der Waals surface area contributed by atoms with Crippen LogP contribution >= 0.6 is 0 Å². The van der Waals surface area contributed by atoms with Crippen molar-refractivity contribution < 1.29 is 43.2 Å². The van der Waals surface area contributed by atoms with Gasteiger partial charge in [0.2, 0.25) is 0 Å². The van der Waals surface area contributed by atoms with Crippen molar-refractivity contribution in [2.75, 3.05) is 13.2 Å². The molecule has 2 rings (SSSR count). The summed E-state index contributed by atoms with van der Waals surface area (Å²) < 4.78 is 20.3. The van der Waals surface area contributed by atoms with Gasteiger partial charge in [0.05, 0.1) is 18.4 Å². The number of esters is 4. The standard InChI is InChI=1S/C20H26O9/c1-10(2)16(21)26-8-13(28-17(22)11(3)4)9-27-18(23)12-5-6-14-15(7-12)20(25)29-19(14)24/h11-13,16,21H,1,5-9H2,2-4H3. The van der Waals surface area contributed by atoms with Crippen molar-refractivity contribution in [1.29, 1.82) is 0 Å². The van der Waals surface area contributed by atoms with Crippen molar-refractivity contribution in [2.24, 2.45) is 11.8 Å². The molecule has 0 aromatic carbocycles. The van der Waals surface area contributed by atoms with Crippen LogP contribution in [0.1, 0.15) is 40.0 Å². The molecule has 9 nitrogen and oxygen atoms in total. The van der Waals surface area contributed by atoms with E-state index in [-0.39, 0.29) is 31.6 Å². The van der Waals surface area contributed by atoms with Gasteiger partial charge in [0.1, 0.15) is 6.61 Å². The van der Waals surface area contributed by atoms with Crippen LogP contribution in [0.2, 0.25) is 0 Å². The normalized spacial score (nSPS) is 20.8. The first-order valence-corrected chi connectivity index (χ1v) is 9.40. The smallest absolute Gasteiger partial charge is 0.342 e. The zero-order chi connectivity index (χ0) is 21.7. The monoisotopic (exact) mass is 410 g/mol. The maximum Gasteiger partial charge on any atom is 0.342 e. The van der Waals surface area contributed by atoms with E-state index in [0.29, 0.717) is 17.6 Å². The highest BCUT2D eigenvalue weighted by Crippen LogP contribution is 2.35. The molecule has 1 N–H and O–H groups in total. The molecule has 0 fully saturated rings. The Balaban J connectivity index is 1.93. The number of aliphatic hydroxyl groups is 1. The fraction of sp³-hybridized carbons (Fsp3) is 0.600. The lowest BCUT2D eigenvalue weighted by molar-refractivity contribution is -0.173. The Bertz CT molecular complexity index is 734. The third-order valence-corrected chi connectivity index (χ3v) is 4.60. The number of hydrogen-bond acceptors (Lipinski definition) is 9. The Morgan fingerprint density at radius 3 is 2.48 bits per heavy atom. The van der Waals surface area contributed by atoms with Gasteiger partial charge < -0.3 is 24.1 Å². The van der Waals surface area contributed by atoms with Gasteiger partial charge >= 0.3 is 23.9 Å². The van der Waals surface area contributed by atoms with E-state index in [4.69, 9.17) is 14.2 Å². The fourth-order valence-corrected chi connectivity index (χ4v) is 2.83. The third kappa shape index (κ3) is 5.98. The number of rotatable bonds is 9. The lowest BCUT2D eigenvalue weighted by atomic mass is 9.85. The van der Waals surface area contributed by atoms with Crippen molar-refractivity contribution in [1.82, 2.24) is 0 Å². The Hall–Kier alpha value is -2.52. The highest BCUT2D eigenvalue weighted by Gasteiger charge is 2.39. The van der Waals surface area contributed by atoms with Gasteiger partial charge in [0.15, 0.2) is 12.4 Å². The van der Waals surface area contributed by atoms with Crippen LogP contribution in [0.3, 0.4) is 0 Å². The summed E-state index contributed by atoms with van der Waals surface area (Å²) in [5, 5.41) is 9.69. The highest BCUT2D eigenvalue weighted by molar-refractivity contribution is 6.12. The first-order chi connectivity index (χ1) is 13.6. The minimum atomic E-state index is -1.24. The number of cyclic esters (lactones) is 2. The zero-order valence-electron chi connectivity index (χ0n) is 16.8. The lowest BCUT2D eigenvalue weighted by Gasteiger charge is -2.23. The number of ether oxygens (including phenoxy) is 4. The molecule has 1 aliphatic heterocycles. The summed E-state index contributed by atoms with van der Waals surface area (Å²) in [5.41, 5.74) is 0.920. The second kappa shape index (κ2) is 9.80. The van der Waals surface area contributed by atoms with E-state index in [2.05, 4.69) is 11.3 Å². The first kappa shape index (κ1) is 22.8. The van der Waals surface area contributed by atoms with Gasteiger partial charge in [-0.25, -0.2) is 9.59 Å². The van der Waals surface area contributed by atoms with Crippen LogP contribution in [0, 0.1) is 11.8 Å². The van der Waals surface area contributed by atoms with Gasteiger partial charge in [-0.2, -0.15) is 0 Å². The van der Waals surface area contributed by atoms with Crippen molar-refractivity contribution in [3.05, 3.63) is 23.3 Å². The molecule has 0 aromatic rings. The van der Waals surface area contributed by atoms with E-state index in [1.165, 1.54) is 0 Å². The summed E-state index contributed by atoms with van der Waals surface area (Å²) in [6, 6.07) is 0.